The number of hydrogen-bond acceptors (Lipinski definition) is 4. The molecule has 0 aromatic heterocycles. The standard InChI is InChI=1S/C13H18ClNO4S2/c1-3-9-7-12(20(14,16)17)8-10(4-2)13(9)15-21(18,19)11-5-6-11/h7-8,11,15H,3-6H2,1-2H3. The van der Waals surface area contributed by atoms with Crippen LogP contribution in [0.15, 0.2) is 17.0 Å². The second-order valence-corrected chi connectivity index (χ2v) is 9.63. The molecule has 1 aromatic carbocycles. The molecule has 0 atom stereocenters. The van der Waals surface area contributed by atoms with Crippen molar-refractivity contribution in [2.75, 3.05) is 4.72 Å². The van der Waals surface area contributed by atoms with Crippen LogP contribution in [0.3, 0.4) is 0 Å². The summed E-state index contributed by atoms with van der Waals surface area (Å²) in [5.74, 6) is 0. The Balaban J connectivity index is 2.54. The highest BCUT2D eigenvalue weighted by Gasteiger charge is 2.36. The number of anilines is 1. The zero-order chi connectivity index (χ0) is 15.8. The van der Waals surface area contributed by atoms with Crippen molar-refractivity contribution in [1.29, 1.82) is 0 Å². The minimum atomic E-state index is -3.84. The van der Waals surface area contributed by atoms with Gasteiger partial charge in [-0.1, -0.05) is 13.8 Å². The molecule has 1 aromatic rings. The number of rotatable bonds is 6. The summed E-state index contributed by atoms with van der Waals surface area (Å²) in [5, 5.41) is -0.330. The van der Waals surface area contributed by atoms with Crippen LogP contribution in [0.25, 0.3) is 0 Å². The fourth-order valence-electron chi connectivity index (χ4n) is 2.17. The monoisotopic (exact) mass is 351 g/mol. The second-order valence-electron chi connectivity index (χ2n) is 5.11. The first-order valence-electron chi connectivity index (χ1n) is 6.81. The third-order valence-corrected chi connectivity index (χ3v) is 6.70. The molecule has 0 heterocycles. The molecule has 0 unspecified atom stereocenters. The van der Waals surface area contributed by atoms with Crippen molar-refractivity contribution in [1.82, 2.24) is 0 Å². The van der Waals surface area contributed by atoms with E-state index in [0.717, 1.165) is 0 Å². The lowest BCUT2D eigenvalue weighted by Gasteiger charge is -2.16. The highest BCUT2D eigenvalue weighted by atomic mass is 35.7. The zero-order valence-corrected chi connectivity index (χ0v) is 14.3. The third kappa shape index (κ3) is 3.70. The maximum absolute atomic E-state index is 12.1. The van der Waals surface area contributed by atoms with Crippen molar-refractivity contribution in [3.05, 3.63) is 23.3 Å². The van der Waals surface area contributed by atoms with Crippen LogP contribution in [-0.4, -0.2) is 22.1 Å². The molecule has 0 spiro atoms. The topological polar surface area (TPSA) is 80.3 Å². The van der Waals surface area contributed by atoms with Gasteiger partial charge in [0, 0.05) is 10.7 Å². The summed E-state index contributed by atoms with van der Waals surface area (Å²) in [7, 11) is -1.83. The number of benzene rings is 1. The first-order valence-corrected chi connectivity index (χ1v) is 10.7. The van der Waals surface area contributed by atoms with E-state index in [1.54, 1.807) is 0 Å². The van der Waals surface area contributed by atoms with Gasteiger partial charge in [-0.25, -0.2) is 16.8 Å². The lowest BCUT2D eigenvalue weighted by Crippen LogP contribution is -2.19. The van der Waals surface area contributed by atoms with Gasteiger partial charge in [0.05, 0.1) is 15.8 Å². The van der Waals surface area contributed by atoms with Gasteiger partial charge in [-0.15, -0.1) is 0 Å². The molecule has 8 heteroatoms. The van der Waals surface area contributed by atoms with E-state index in [4.69, 9.17) is 10.7 Å². The van der Waals surface area contributed by atoms with E-state index in [-0.39, 0.29) is 10.1 Å². The number of nitrogens with one attached hydrogen (secondary N) is 1. The van der Waals surface area contributed by atoms with Crippen LogP contribution in [0.1, 0.15) is 37.8 Å². The van der Waals surface area contributed by atoms with Crippen LogP contribution >= 0.6 is 10.7 Å². The van der Waals surface area contributed by atoms with Crippen LogP contribution in [0.4, 0.5) is 5.69 Å². The smallest absolute Gasteiger partial charge is 0.261 e. The van der Waals surface area contributed by atoms with E-state index in [0.29, 0.717) is 42.5 Å². The molecule has 2 rings (SSSR count). The molecular weight excluding hydrogens is 334 g/mol. The number of hydrogen-bond donors (Lipinski definition) is 1. The molecule has 1 fully saturated rings. The molecule has 1 aliphatic carbocycles. The normalized spacial score (nSPS) is 16.0. The van der Waals surface area contributed by atoms with Crippen LogP contribution in [-0.2, 0) is 31.9 Å². The van der Waals surface area contributed by atoms with Crippen LogP contribution < -0.4 is 4.72 Å². The molecule has 1 saturated carbocycles. The molecule has 0 radical (unpaired) electrons. The van der Waals surface area contributed by atoms with Crippen LogP contribution in [0.2, 0.25) is 0 Å². The minimum Gasteiger partial charge on any atom is -0.283 e. The van der Waals surface area contributed by atoms with Crippen LogP contribution in [0, 0.1) is 0 Å². The lowest BCUT2D eigenvalue weighted by atomic mass is 10.0. The predicted octanol–water partition coefficient (Wildman–Crippen LogP) is 2.64. The number of aryl methyl sites for hydroxylation is 2. The first-order chi connectivity index (χ1) is 9.69. The van der Waals surface area contributed by atoms with Gasteiger partial charge in [0.1, 0.15) is 0 Å². The summed E-state index contributed by atoms with van der Waals surface area (Å²) in [6, 6.07) is 2.87. The Morgan fingerprint density at radius 1 is 1.10 bits per heavy atom. The average molecular weight is 352 g/mol. The Kier molecular flexibility index (Phi) is 4.56. The van der Waals surface area contributed by atoms with Crippen molar-refractivity contribution >= 4 is 35.4 Å². The summed E-state index contributed by atoms with van der Waals surface area (Å²) in [4.78, 5) is 0.00670. The number of sulfonamides is 1. The van der Waals surface area contributed by atoms with Gasteiger partial charge < -0.3 is 0 Å². The molecule has 1 N–H and O–H groups in total. The van der Waals surface area contributed by atoms with Gasteiger partial charge in [-0.2, -0.15) is 0 Å². The summed E-state index contributed by atoms with van der Waals surface area (Å²) < 4.78 is 49.9. The second kappa shape index (κ2) is 5.78. The van der Waals surface area contributed by atoms with Crippen molar-refractivity contribution in [2.24, 2.45) is 0 Å². The molecule has 1 aliphatic rings. The molecule has 21 heavy (non-hydrogen) atoms. The van der Waals surface area contributed by atoms with Crippen molar-refractivity contribution in [3.8, 4) is 0 Å². The Labute approximate surface area is 130 Å². The molecule has 5 nitrogen and oxygen atoms in total. The summed E-state index contributed by atoms with van der Waals surface area (Å²) in [6.45, 7) is 3.68. The highest BCUT2D eigenvalue weighted by molar-refractivity contribution is 8.13. The Morgan fingerprint density at radius 2 is 1.57 bits per heavy atom. The van der Waals surface area contributed by atoms with Gasteiger partial charge in [-0.3, -0.25) is 4.72 Å². The average Bonchev–Trinajstić information content (AvgIpc) is 3.21. The van der Waals surface area contributed by atoms with Crippen molar-refractivity contribution in [3.63, 3.8) is 0 Å². The summed E-state index contributed by atoms with van der Waals surface area (Å²) >= 11 is 0. The third-order valence-electron chi connectivity index (χ3n) is 3.53. The van der Waals surface area contributed by atoms with E-state index in [1.165, 1.54) is 12.1 Å². The maximum Gasteiger partial charge on any atom is 0.261 e. The molecule has 0 aliphatic heterocycles. The predicted molar refractivity (Wildman–Crippen MR) is 83.8 cm³/mol. The fourth-order valence-corrected chi connectivity index (χ4v) is 4.47. The van der Waals surface area contributed by atoms with Crippen LogP contribution in [0.5, 0.6) is 0 Å². The Bertz CT molecular complexity index is 727. The maximum atomic E-state index is 12.1. The van der Waals surface area contributed by atoms with Gasteiger partial charge >= 0.3 is 0 Å². The Hall–Kier alpha value is -0.790. The Morgan fingerprint density at radius 3 is 1.90 bits per heavy atom. The first kappa shape index (κ1) is 16.6. The molecular formula is C13H18ClNO4S2. The molecule has 0 saturated heterocycles. The molecule has 118 valence electrons. The van der Waals surface area contributed by atoms with E-state index >= 15 is 0 Å². The van der Waals surface area contributed by atoms with Crippen molar-refractivity contribution in [2.45, 2.75) is 49.7 Å². The zero-order valence-electron chi connectivity index (χ0n) is 11.9. The molecule has 0 amide bonds. The SMILES string of the molecule is CCc1cc(S(=O)(=O)Cl)cc(CC)c1NS(=O)(=O)C1CC1. The quantitative estimate of drug-likeness (QED) is 0.799. The van der Waals surface area contributed by atoms with Gasteiger partial charge in [-0.05, 0) is 48.9 Å². The summed E-state index contributed by atoms with van der Waals surface area (Å²) in [6.07, 6.45) is 2.37. The van der Waals surface area contributed by atoms with E-state index in [1.807, 2.05) is 13.8 Å². The van der Waals surface area contributed by atoms with E-state index < -0.39 is 19.1 Å². The van der Waals surface area contributed by atoms with Gasteiger partial charge in [0.25, 0.3) is 9.05 Å². The molecule has 0 bridgehead atoms. The summed E-state index contributed by atoms with van der Waals surface area (Å²) in [5.41, 5.74) is 1.77. The van der Waals surface area contributed by atoms with Gasteiger partial charge in [0.2, 0.25) is 10.0 Å². The lowest BCUT2D eigenvalue weighted by molar-refractivity contribution is 0.599. The highest BCUT2D eigenvalue weighted by Crippen LogP contribution is 2.34. The largest absolute Gasteiger partial charge is 0.283 e. The number of halogens is 1. The van der Waals surface area contributed by atoms with Crippen molar-refractivity contribution < 1.29 is 16.8 Å². The van der Waals surface area contributed by atoms with Gasteiger partial charge in [0.15, 0.2) is 0 Å². The fraction of sp³-hybridized carbons (Fsp3) is 0.538. The van der Waals surface area contributed by atoms with E-state index in [2.05, 4.69) is 4.72 Å². The van der Waals surface area contributed by atoms with E-state index in [9.17, 15) is 16.8 Å². The minimum absolute atomic E-state index is 0.00670.